The van der Waals surface area contributed by atoms with Crippen LogP contribution >= 0.6 is 0 Å². The van der Waals surface area contributed by atoms with Gasteiger partial charge < -0.3 is 19.9 Å². The molecule has 0 aromatic heterocycles. The molecule has 0 radical (unpaired) electrons. The molecule has 1 amide bonds. The number of hydrogen-bond donors (Lipinski definition) is 2. The van der Waals surface area contributed by atoms with E-state index in [9.17, 15) is 23.1 Å². The van der Waals surface area contributed by atoms with E-state index in [1.807, 2.05) is 54.6 Å². The number of ether oxygens (including phenoxy) is 2. The highest BCUT2D eigenvalue weighted by atomic mass is 32.2. The summed E-state index contributed by atoms with van der Waals surface area (Å²) >= 11 is 0. The third-order valence-corrected chi connectivity index (χ3v) is 9.45. The van der Waals surface area contributed by atoms with Gasteiger partial charge in [-0.25, -0.2) is 13.2 Å². The van der Waals surface area contributed by atoms with Gasteiger partial charge in [-0.3, -0.25) is 4.79 Å². The van der Waals surface area contributed by atoms with E-state index in [0.29, 0.717) is 24.3 Å². The molecule has 0 bridgehead atoms. The van der Waals surface area contributed by atoms with E-state index in [1.54, 1.807) is 32.4 Å². The molecule has 2 unspecified atom stereocenters. The molecule has 2 N–H and O–H groups in total. The van der Waals surface area contributed by atoms with E-state index < -0.39 is 34.0 Å². The van der Waals surface area contributed by atoms with Gasteiger partial charge in [0.05, 0.1) is 24.7 Å². The molecule has 4 aromatic rings. The number of carboxylic acids is 1. The average molecular weight is 589 g/mol. The van der Waals surface area contributed by atoms with Crippen LogP contribution in [0.15, 0.2) is 89.8 Å². The lowest BCUT2D eigenvalue weighted by atomic mass is 9.97. The summed E-state index contributed by atoms with van der Waals surface area (Å²) in [6.45, 7) is 0.195. The second kappa shape index (κ2) is 12.2. The number of hydrogen-bond acceptors (Lipinski definition) is 6. The van der Waals surface area contributed by atoms with Crippen LogP contribution in [0.2, 0.25) is 0 Å². The summed E-state index contributed by atoms with van der Waals surface area (Å²) in [6, 6.07) is 22.9. The van der Waals surface area contributed by atoms with Crippen molar-refractivity contribution in [3.8, 4) is 22.6 Å². The zero-order valence-electron chi connectivity index (χ0n) is 23.3. The number of sulfonamides is 1. The summed E-state index contributed by atoms with van der Waals surface area (Å²) < 4.78 is 38.6. The van der Waals surface area contributed by atoms with Crippen LogP contribution in [0.5, 0.6) is 11.5 Å². The van der Waals surface area contributed by atoms with Gasteiger partial charge in [0.1, 0.15) is 23.6 Å². The summed E-state index contributed by atoms with van der Waals surface area (Å²) in [5.74, 6) is -0.446. The van der Waals surface area contributed by atoms with E-state index in [1.165, 1.54) is 16.4 Å². The minimum Gasteiger partial charge on any atom is -0.496 e. The summed E-state index contributed by atoms with van der Waals surface area (Å²) in [5.41, 5.74) is 2.46. The molecular weight excluding hydrogens is 556 g/mol. The largest absolute Gasteiger partial charge is 0.496 e. The first-order valence-electron chi connectivity index (χ1n) is 13.6. The Hall–Kier alpha value is -4.41. The first-order chi connectivity index (χ1) is 20.2. The van der Waals surface area contributed by atoms with Crippen LogP contribution in [0.4, 0.5) is 0 Å². The molecule has 218 valence electrons. The predicted molar refractivity (Wildman–Crippen MR) is 159 cm³/mol. The Morgan fingerprint density at radius 2 is 1.60 bits per heavy atom. The minimum atomic E-state index is -3.90. The SMILES string of the molecule is COc1cccc(OC)c1-c1ccc2cc(CC(NC(=O)C3CCCN3S(=O)(=O)c3ccccc3)C(=O)O)ccc2c1. The fraction of sp³-hybridized carbons (Fsp3) is 0.250. The van der Waals surface area contributed by atoms with Gasteiger partial charge >= 0.3 is 5.97 Å². The minimum absolute atomic E-state index is 0.0389. The van der Waals surface area contributed by atoms with Crippen LogP contribution in [0.25, 0.3) is 21.9 Å². The predicted octanol–water partition coefficient (Wildman–Crippen LogP) is 4.49. The highest BCUT2D eigenvalue weighted by Crippen LogP contribution is 2.39. The Labute approximate surface area is 244 Å². The molecule has 1 heterocycles. The lowest BCUT2D eigenvalue weighted by Gasteiger charge is -2.25. The summed E-state index contributed by atoms with van der Waals surface area (Å²) in [4.78, 5) is 25.5. The summed E-state index contributed by atoms with van der Waals surface area (Å²) in [7, 11) is -0.682. The van der Waals surface area contributed by atoms with E-state index >= 15 is 0 Å². The molecule has 10 heteroatoms. The fourth-order valence-corrected chi connectivity index (χ4v) is 7.11. The van der Waals surface area contributed by atoms with Gasteiger partial charge in [-0.05, 0) is 65.1 Å². The molecule has 2 atom stereocenters. The molecule has 1 aliphatic rings. The average Bonchev–Trinajstić information content (AvgIpc) is 3.52. The van der Waals surface area contributed by atoms with Crippen LogP contribution in [0.3, 0.4) is 0 Å². The smallest absolute Gasteiger partial charge is 0.326 e. The van der Waals surface area contributed by atoms with Crippen molar-refractivity contribution in [1.82, 2.24) is 9.62 Å². The van der Waals surface area contributed by atoms with Crippen LogP contribution in [-0.4, -0.2) is 62.6 Å². The number of carbonyl (C=O) groups is 2. The summed E-state index contributed by atoms with van der Waals surface area (Å²) in [6.07, 6.45) is 0.867. The number of aliphatic carboxylic acids is 1. The molecule has 1 saturated heterocycles. The van der Waals surface area contributed by atoms with Crippen molar-refractivity contribution < 1.29 is 32.6 Å². The second-order valence-corrected chi connectivity index (χ2v) is 12.0. The molecule has 0 spiro atoms. The van der Waals surface area contributed by atoms with Crippen molar-refractivity contribution in [2.45, 2.75) is 36.2 Å². The molecule has 0 aliphatic carbocycles. The number of fused-ring (bicyclic) bond motifs is 1. The van der Waals surface area contributed by atoms with Gasteiger partial charge in [-0.15, -0.1) is 0 Å². The maximum Gasteiger partial charge on any atom is 0.326 e. The first-order valence-corrected chi connectivity index (χ1v) is 15.0. The molecule has 1 fully saturated rings. The lowest BCUT2D eigenvalue weighted by molar-refractivity contribution is -0.142. The van der Waals surface area contributed by atoms with E-state index in [2.05, 4.69) is 5.32 Å². The number of rotatable bonds is 10. The van der Waals surface area contributed by atoms with Crippen molar-refractivity contribution in [1.29, 1.82) is 0 Å². The van der Waals surface area contributed by atoms with Crippen LogP contribution in [0, 0.1) is 0 Å². The fourth-order valence-electron chi connectivity index (χ4n) is 5.43. The molecule has 42 heavy (non-hydrogen) atoms. The topological polar surface area (TPSA) is 122 Å². The molecule has 0 saturated carbocycles. The quantitative estimate of drug-likeness (QED) is 0.280. The van der Waals surface area contributed by atoms with E-state index in [0.717, 1.165) is 27.5 Å². The van der Waals surface area contributed by atoms with Crippen molar-refractivity contribution in [3.63, 3.8) is 0 Å². The van der Waals surface area contributed by atoms with Gasteiger partial charge in [-0.2, -0.15) is 4.31 Å². The Kier molecular flexibility index (Phi) is 8.46. The number of amides is 1. The first kappa shape index (κ1) is 29.1. The summed E-state index contributed by atoms with van der Waals surface area (Å²) in [5, 5.41) is 14.4. The number of methoxy groups -OCH3 is 2. The van der Waals surface area contributed by atoms with Crippen LogP contribution in [0.1, 0.15) is 18.4 Å². The van der Waals surface area contributed by atoms with E-state index in [-0.39, 0.29) is 17.9 Å². The molecule has 1 aliphatic heterocycles. The van der Waals surface area contributed by atoms with Gasteiger partial charge in [0.15, 0.2) is 0 Å². The lowest BCUT2D eigenvalue weighted by Crippen LogP contribution is -2.51. The van der Waals surface area contributed by atoms with Crippen molar-refractivity contribution in [2.24, 2.45) is 0 Å². The van der Waals surface area contributed by atoms with Crippen molar-refractivity contribution in [2.75, 3.05) is 20.8 Å². The van der Waals surface area contributed by atoms with E-state index in [4.69, 9.17) is 9.47 Å². The van der Waals surface area contributed by atoms with Crippen molar-refractivity contribution in [3.05, 3.63) is 90.5 Å². The maximum atomic E-state index is 13.2. The Morgan fingerprint density at radius 3 is 2.26 bits per heavy atom. The van der Waals surface area contributed by atoms with Crippen LogP contribution < -0.4 is 14.8 Å². The Balaban J connectivity index is 1.34. The zero-order chi connectivity index (χ0) is 29.9. The van der Waals surface area contributed by atoms with Crippen molar-refractivity contribution >= 4 is 32.7 Å². The van der Waals surface area contributed by atoms with Gasteiger partial charge in [0.25, 0.3) is 0 Å². The standard InChI is InChI=1S/C32H32N2O7S/c1-40-28-11-6-12-29(41-2)30(28)24-16-15-22-18-21(13-14-23(22)20-24)19-26(32(36)37)33-31(35)27-10-7-17-34(27)42(38,39)25-8-4-3-5-9-25/h3-6,8-9,11-16,18,20,26-27H,7,10,17,19H2,1-2H3,(H,33,35)(H,36,37). The number of nitrogens with zero attached hydrogens (tertiary/aromatic N) is 1. The van der Waals surface area contributed by atoms with Gasteiger partial charge in [0.2, 0.25) is 15.9 Å². The molecular formula is C32H32N2O7S. The third kappa shape index (κ3) is 5.81. The number of carboxylic acid groups (broad SMARTS) is 1. The highest BCUT2D eigenvalue weighted by Gasteiger charge is 2.40. The zero-order valence-corrected chi connectivity index (χ0v) is 24.1. The second-order valence-electron chi connectivity index (χ2n) is 10.1. The number of nitrogens with one attached hydrogen (secondary N) is 1. The van der Waals surface area contributed by atoms with Gasteiger partial charge in [0, 0.05) is 13.0 Å². The monoisotopic (exact) mass is 588 g/mol. The molecule has 5 rings (SSSR count). The van der Waals surface area contributed by atoms with Gasteiger partial charge in [-0.1, -0.05) is 54.6 Å². The Bertz CT molecular complexity index is 1700. The third-order valence-electron chi connectivity index (χ3n) is 7.53. The normalized spacial score (nSPS) is 16.2. The molecule has 4 aromatic carbocycles. The highest BCUT2D eigenvalue weighted by molar-refractivity contribution is 7.89. The Morgan fingerprint density at radius 1 is 0.929 bits per heavy atom. The molecule has 9 nitrogen and oxygen atoms in total. The number of carbonyl (C=O) groups excluding carboxylic acids is 1. The number of benzene rings is 4. The maximum absolute atomic E-state index is 13.2. The van der Waals surface area contributed by atoms with Crippen LogP contribution in [-0.2, 0) is 26.0 Å².